The molecule has 4 saturated carbocycles. The van der Waals surface area contributed by atoms with E-state index in [0.717, 1.165) is 24.7 Å². The normalized spacial score (nSPS) is 54.9. The van der Waals surface area contributed by atoms with Crippen molar-refractivity contribution in [2.24, 2.45) is 34.6 Å². The number of hydrogen-bond donors (Lipinski definition) is 2. The molecule has 0 radical (unpaired) electrons. The van der Waals surface area contributed by atoms with E-state index in [-0.39, 0.29) is 17.4 Å². The van der Waals surface area contributed by atoms with E-state index in [1.165, 1.54) is 19.3 Å². The van der Waals surface area contributed by atoms with Crippen LogP contribution in [0.25, 0.3) is 0 Å². The maximum atomic E-state index is 11.6. The Morgan fingerprint density at radius 3 is 2.21 bits per heavy atom. The van der Waals surface area contributed by atoms with E-state index in [1.807, 2.05) is 0 Å². The number of amides is 1. The first-order valence-corrected chi connectivity index (χ1v) is 5.67. The van der Waals surface area contributed by atoms with Gasteiger partial charge >= 0.3 is 0 Å². The molecule has 3 heteroatoms. The van der Waals surface area contributed by atoms with Gasteiger partial charge in [-0.15, -0.1) is 0 Å². The molecule has 0 spiro atoms. The monoisotopic (exact) mass is 194 g/mol. The van der Waals surface area contributed by atoms with Gasteiger partial charge in [-0.2, -0.15) is 0 Å². The lowest BCUT2D eigenvalue weighted by Gasteiger charge is -2.58. The molecule has 0 aromatic rings. The highest BCUT2D eigenvalue weighted by Gasteiger charge is 2.58. The van der Waals surface area contributed by atoms with Crippen LogP contribution in [-0.2, 0) is 4.79 Å². The molecule has 3 nitrogen and oxygen atoms in total. The molecule has 4 rings (SSSR count). The van der Waals surface area contributed by atoms with E-state index in [0.29, 0.717) is 5.92 Å². The summed E-state index contributed by atoms with van der Waals surface area (Å²) in [6, 6.07) is 0.0489. The van der Waals surface area contributed by atoms with Crippen LogP contribution < -0.4 is 11.5 Å². The minimum atomic E-state index is -0.325. The second-order valence-electron chi connectivity index (χ2n) is 5.65. The maximum absolute atomic E-state index is 11.6. The van der Waals surface area contributed by atoms with E-state index in [2.05, 4.69) is 0 Å². The van der Waals surface area contributed by atoms with Crippen molar-refractivity contribution in [3.8, 4) is 0 Å². The van der Waals surface area contributed by atoms with E-state index < -0.39 is 0 Å². The Hall–Kier alpha value is -0.570. The molecule has 14 heavy (non-hydrogen) atoms. The Morgan fingerprint density at radius 2 is 1.71 bits per heavy atom. The Bertz CT molecular complexity index is 275. The van der Waals surface area contributed by atoms with Crippen molar-refractivity contribution in [1.29, 1.82) is 0 Å². The van der Waals surface area contributed by atoms with Gasteiger partial charge in [0.1, 0.15) is 0 Å². The van der Waals surface area contributed by atoms with Crippen molar-refractivity contribution in [2.75, 3.05) is 0 Å². The summed E-state index contributed by atoms with van der Waals surface area (Å²) in [5.74, 6) is 1.91. The van der Waals surface area contributed by atoms with E-state index in [4.69, 9.17) is 11.5 Å². The van der Waals surface area contributed by atoms with Crippen LogP contribution in [-0.4, -0.2) is 11.9 Å². The lowest BCUT2D eigenvalue weighted by molar-refractivity contribution is -0.146. The Balaban J connectivity index is 2.01. The fourth-order valence-electron chi connectivity index (χ4n) is 4.45. The van der Waals surface area contributed by atoms with Crippen LogP contribution in [0, 0.1) is 23.2 Å². The molecule has 78 valence electrons. The van der Waals surface area contributed by atoms with Gasteiger partial charge in [-0.25, -0.2) is 0 Å². The molecular formula is C11H18N2O. The van der Waals surface area contributed by atoms with Crippen LogP contribution in [0.2, 0.25) is 0 Å². The number of carbonyl (C=O) groups excluding carboxylic acids is 1. The average Bonchev–Trinajstić information content (AvgIpc) is 2.12. The topological polar surface area (TPSA) is 69.1 Å². The minimum Gasteiger partial charge on any atom is -0.369 e. The van der Waals surface area contributed by atoms with E-state index >= 15 is 0 Å². The van der Waals surface area contributed by atoms with Crippen molar-refractivity contribution in [2.45, 2.75) is 38.1 Å². The molecule has 0 aromatic carbocycles. The first kappa shape index (κ1) is 8.72. The van der Waals surface area contributed by atoms with E-state index in [1.54, 1.807) is 0 Å². The predicted molar refractivity (Wildman–Crippen MR) is 53.2 cm³/mol. The molecule has 1 amide bonds. The standard InChI is InChI=1S/C11H18N2O/c12-9-8-2-6-1-7(3-8)5-11(9,4-6)10(13)14/h6-9H,1-5,12H2,(H2,13,14)/t6-,7+,8?,9-,11?/m1/s1. The van der Waals surface area contributed by atoms with Gasteiger partial charge in [-0.1, -0.05) is 0 Å². The zero-order valence-electron chi connectivity index (χ0n) is 8.41. The van der Waals surface area contributed by atoms with Crippen molar-refractivity contribution < 1.29 is 4.79 Å². The van der Waals surface area contributed by atoms with Crippen LogP contribution in [0.3, 0.4) is 0 Å². The second-order valence-corrected chi connectivity index (χ2v) is 5.65. The highest BCUT2D eigenvalue weighted by Crippen LogP contribution is 2.59. The summed E-state index contributed by atoms with van der Waals surface area (Å²) in [6.45, 7) is 0. The molecule has 0 heterocycles. The number of hydrogen-bond acceptors (Lipinski definition) is 2. The first-order valence-electron chi connectivity index (χ1n) is 5.67. The largest absolute Gasteiger partial charge is 0.369 e. The van der Waals surface area contributed by atoms with Gasteiger partial charge in [-0.05, 0) is 49.9 Å². The molecule has 4 N–H and O–H groups in total. The first-order chi connectivity index (χ1) is 6.62. The molecule has 0 saturated heterocycles. The van der Waals surface area contributed by atoms with Crippen molar-refractivity contribution in [1.82, 2.24) is 0 Å². The highest BCUT2D eigenvalue weighted by molar-refractivity contribution is 5.82. The summed E-state index contributed by atoms with van der Waals surface area (Å²) in [6.07, 6.45) is 5.74. The van der Waals surface area contributed by atoms with Crippen molar-refractivity contribution in [3.05, 3.63) is 0 Å². The maximum Gasteiger partial charge on any atom is 0.225 e. The zero-order chi connectivity index (χ0) is 9.92. The second kappa shape index (κ2) is 2.51. The van der Waals surface area contributed by atoms with Gasteiger partial charge in [-0.3, -0.25) is 4.79 Å². The Morgan fingerprint density at radius 1 is 1.14 bits per heavy atom. The van der Waals surface area contributed by atoms with Crippen LogP contribution in [0.1, 0.15) is 32.1 Å². The highest BCUT2D eigenvalue weighted by atomic mass is 16.1. The van der Waals surface area contributed by atoms with E-state index in [9.17, 15) is 4.79 Å². The summed E-state index contributed by atoms with van der Waals surface area (Å²) >= 11 is 0. The predicted octanol–water partition coefficient (Wildman–Crippen LogP) is 0.625. The Labute approximate surface area is 84.2 Å². The number of primary amides is 1. The molecule has 4 fully saturated rings. The smallest absolute Gasteiger partial charge is 0.225 e. The van der Waals surface area contributed by atoms with Gasteiger partial charge in [0.2, 0.25) is 5.91 Å². The summed E-state index contributed by atoms with van der Waals surface area (Å²) in [5, 5.41) is 0. The molecule has 0 aliphatic heterocycles. The summed E-state index contributed by atoms with van der Waals surface area (Å²) < 4.78 is 0. The van der Waals surface area contributed by atoms with Crippen LogP contribution in [0.5, 0.6) is 0 Å². The third kappa shape index (κ3) is 0.888. The SMILES string of the molecule is NC(=O)C12C[C@@H]3CC(C[C@@H](C3)C1)[C@H]2N. The molecular weight excluding hydrogens is 176 g/mol. The molecule has 2 unspecified atom stereocenters. The Kier molecular flexibility index (Phi) is 1.56. The molecule has 4 aliphatic rings. The van der Waals surface area contributed by atoms with Crippen LogP contribution in [0.15, 0.2) is 0 Å². The number of nitrogens with two attached hydrogens (primary N) is 2. The average molecular weight is 194 g/mol. The van der Waals surface area contributed by atoms with Gasteiger partial charge in [0.05, 0.1) is 5.41 Å². The summed E-state index contributed by atoms with van der Waals surface area (Å²) in [7, 11) is 0. The van der Waals surface area contributed by atoms with Gasteiger partial charge in [0.25, 0.3) is 0 Å². The fourth-order valence-corrected chi connectivity index (χ4v) is 4.45. The summed E-state index contributed by atoms with van der Waals surface area (Å²) in [4.78, 5) is 11.6. The molecule has 5 atom stereocenters. The van der Waals surface area contributed by atoms with Gasteiger partial charge < -0.3 is 11.5 Å². The fraction of sp³-hybridized carbons (Fsp3) is 0.909. The zero-order valence-corrected chi connectivity index (χ0v) is 8.41. The van der Waals surface area contributed by atoms with Gasteiger partial charge in [0.15, 0.2) is 0 Å². The summed E-state index contributed by atoms with van der Waals surface area (Å²) in [5.41, 5.74) is 11.4. The number of rotatable bonds is 1. The van der Waals surface area contributed by atoms with Crippen LogP contribution in [0.4, 0.5) is 0 Å². The molecule has 4 bridgehead atoms. The quantitative estimate of drug-likeness (QED) is 0.642. The van der Waals surface area contributed by atoms with Gasteiger partial charge in [0, 0.05) is 6.04 Å². The number of carbonyl (C=O) groups is 1. The lowest BCUT2D eigenvalue weighted by atomic mass is 9.47. The third-order valence-electron chi connectivity index (χ3n) is 4.88. The molecule has 0 aromatic heterocycles. The third-order valence-corrected chi connectivity index (χ3v) is 4.88. The van der Waals surface area contributed by atoms with Crippen molar-refractivity contribution >= 4 is 5.91 Å². The molecule has 4 aliphatic carbocycles. The lowest BCUT2D eigenvalue weighted by Crippen LogP contribution is -2.64. The minimum absolute atomic E-state index is 0.0489. The van der Waals surface area contributed by atoms with Crippen molar-refractivity contribution in [3.63, 3.8) is 0 Å². The van der Waals surface area contributed by atoms with Crippen LogP contribution >= 0.6 is 0 Å².